The van der Waals surface area contributed by atoms with Gasteiger partial charge in [0.2, 0.25) is 18.6 Å². The van der Waals surface area contributed by atoms with E-state index in [0.29, 0.717) is 32.8 Å². The molecule has 10 heteroatoms. The molecule has 2 aromatic carbocycles. The van der Waals surface area contributed by atoms with Crippen LogP contribution in [0.25, 0.3) is 11.3 Å². The Morgan fingerprint density at radius 1 is 1.29 bits per heavy atom. The maximum absolute atomic E-state index is 10.2. The molecule has 0 saturated carbocycles. The van der Waals surface area contributed by atoms with Crippen LogP contribution in [0.1, 0.15) is 17.0 Å². The second kappa shape index (κ2) is 7.14. The van der Waals surface area contributed by atoms with Crippen LogP contribution in [-0.2, 0) is 0 Å². The zero-order valence-corrected chi connectivity index (χ0v) is 17.7. The Kier molecular flexibility index (Phi) is 4.41. The molecule has 5 rings (SSSR count). The molecule has 0 fully saturated rings. The van der Waals surface area contributed by atoms with Gasteiger partial charge in [-0.2, -0.15) is 5.26 Å². The molecule has 0 radical (unpaired) electrons. The number of halogens is 1. The number of aromatic nitrogens is 2. The first-order chi connectivity index (χ1) is 15.0. The van der Waals surface area contributed by atoms with Crippen LogP contribution in [0.4, 0.5) is 0 Å². The number of phenols is 1. The molecular formula is C21H15BrN4O5. The Balaban J connectivity index is 1.73. The van der Waals surface area contributed by atoms with Gasteiger partial charge in [0.25, 0.3) is 0 Å². The van der Waals surface area contributed by atoms with Crippen molar-refractivity contribution in [3.8, 4) is 46.2 Å². The van der Waals surface area contributed by atoms with Crippen molar-refractivity contribution in [2.45, 2.75) is 5.92 Å². The van der Waals surface area contributed by atoms with E-state index in [0.717, 1.165) is 5.56 Å². The molecule has 3 heterocycles. The minimum atomic E-state index is -0.612. The molecule has 0 saturated heterocycles. The largest absolute Gasteiger partial charge is 0.503 e. The standard InChI is InChI=1S/C21H15BrN4O5/c1-28-15-6-10(4-12(22)19(15)27)16-11(7-23)20(24)31-21-17(16)18(25-26-21)9-2-3-13-14(5-9)30-8-29-13/h2-6,16,27H,8,24H2,1H3,(H,25,26)/t16-/m0/s1. The van der Waals surface area contributed by atoms with Gasteiger partial charge in [0, 0.05) is 5.56 Å². The number of nitrogens with one attached hydrogen (secondary N) is 1. The minimum Gasteiger partial charge on any atom is -0.503 e. The SMILES string of the molecule is COc1cc([C@H]2C(C#N)=C(N)Oc3n[nH]c(-c4ccc5c(c4)OCO5)c32)cc(Br)c1O. The number of allylic oxidation sites excluding steroid dienone is 1. The van der Waals surface area contributed by atoms with E-state index < -0.39 is 5.92 Å². The Morgan fingerprint density at radius 3 is 2.87 bits per heavy atom. The summed E-state index contributed by atoms with van der Waals surface area (Å²) in [5, 5.41) is 27.4. The van der Waals surface area contributed by atoms with E-state index in [4.69, 9.17) is 24.7 Å². The molecule has 1 atom stereocenters. The summed E-state index contributed by atoms with van der Waals surface area (Å²) in [5.41, 5.74) is 8.97. The number of nitriles is 1. The van der Waals surface area contributed by atoms with Gasteiger partial charge < -0.3 is 29.8 Å². The van der Waals surface area contributed by atoms with E-state index >= 15 is 0 Å². The number of benzene rings is 2. The number of hydrogen-bond acceptors (Lipinski definition) is 8. The molecule has 9 nitrogen and oxygen atoms in total. The van der Waals surface area contributed by atoms with Crippen molar-refractivity contribution in [2.75, 3.05) is 13.9 Å². The fourth-order valence-electron chi connectivity index (χ4n) is 3.77. The van der Waals surface area contributed by atoms with Gasteiger partial charge in [-0.3, -0.25) is 5.10 Å². The molecule has 0 spiro atoms. The number of aromatic amines is 1. The quantitative estimate of drug-likeness (QED) is 0.515. The fourth-order valence-corrected chi connectivity index (χ4v) is 4.23. The molecule has 1 aromatic heterocycles. The van der Waals surface area contributed by atoms with Gasteiger partial charge in [-0.05, 0) is 51.8 Å². The van der Waals surface area contributed by atoms with Crippen LogP contribution in [0, 0.1) is 11.3 Å². The number of aromatic hydroxyl groups is 1. The number of ether oxygens (including phenoxy) is 4. The summed E-state index contributed by atoms with van der Waals surface area (Å²) in [7, 11) is 1.45. The van der Waals surface area contributed by atoms with Gasteiger partial charge in [0.1, 0.15) is 11.6 Å². The summed E-state index contributed by atoms with van der Waals surface area (Å²) in [6.45, 7) is 0.158. The molecule has 31 heavy (non-hydrogen) atoms. The van der Waals surface area contributed by atoms with Gasteiger partial charge in [-0.1, -0.05) is 0 Å². The van der Waals surface area contributed by atoms with Crippen molar-refractivity contribution in [1.82, 2.24) is 10.2 Å². The molecule has 4 N–H and O–H groups in total. The summed E-state index contributed by atoms with van der Waals surface area (Å²) in [4.78, 5) is 0. The molecule has 2 aliphatic rings. The first-order valence-corrected chi connectivity index (χ1v) is 9.93. The lowest BCUT2D eigenvalue weighted by Gasteiger charge is -2.25. The minimum absolute atomic E-state index is 0.0353. The fraction of sp³-hybridized carbons (Fsp3) is 0.143. The average Bonchev–Trinajstić information content (AvgIpc) is 3.40. The highest BCUT2D eigenvalue weighted by Gasteiger charge is 2.36. The number of methoxy groups -OCH3 is 1. The van der Waals surface area contributed by atoms with Crippen LogP contribution >= 0.6 is 15.9 Å². The lowest BCUT2D eigenvalue weighted by Crippen LogP contribution is -2.21. The van der Waals surface area contributed by atoms with Gasteiger partial charge in [-0.25, -0.2) is 0 Å². The van der Waals surface area contributed by atoms with E-state index in [1.54, 1.807) is 18.2 Å². The molecule has 156 valence electrons. The van der Waals surface area contributed by atoms with Crippen molar-refractivity contribution in [3.05, 3.63) is 57.4 Å². The number of phenolic OH excluding ortho intramolecular Hbond substituents is 1. The topological polar surface area (TPSA) is 136 Å². The number of hydrogen-bond donors (Lipinski definition) is 3. The number of rotatable bonds is 3. The normalized spacial score (nSPS) is 16.5. The average molecular weight is 483 g/mol. The van der Waals surface area contributed by atoms with Crippen molar-refractivity contribution in [3.63, 3.8) is 0 Å². The monoisotopic (exact) mass is 482 g/mol. The summed E-state index contributed by atoms with van der Waals surface area (Å²) >= 11 is 3.34. The predicted octanol–water partition coefficient (Wildman–Crippen LogP) is 3.50. The highest BCUT2D eigenvalue weighted by atomic mass is 79.9. The predicted molar refractivity (Wildman–Crippen MR) is 112 cm³/mol. The third-order valence-corrected chi connectivity index (χ3v) is 5.81. The van der Waals surface area contributed by atoms with Gasteiger partial charge >= 0.3 is 0 Å². The van der Waals surface area contributed by atoms with Gasteiger partial charge in [0.15, 0.2) is 23.0 Å². The van der Waals surface area contributed by atoms with Crippen LogP contribution in [-0.4, -0.2) is 29.2 Å². The molecule has 0 amide bonds. The zero-order valence-electron chi connectivity index (χ0n) is 16.1. The van der Waals surface area contributed by atoms with Crippen LogP contribution in [0.15, 0.2) is 46.3 Å². The lowest BCUT2D eigenvalue weighted by atomic mass is 9.83. The highest BCUT2D eigenvalue weighted by Crippen LogP contribution is 2.49. The van der Waals surface area contributed by atoms with Crippen molar-refractivity contribution >= 4 is 15.9 Å². The second-order valence-electron chi connectivity index (χ2n) is 6.86. The molecular weight excluding hydrogens is 468 g/mol. The first kappa shape index (κ1) is 19.1. The van der Waals surface area contributed by atoms with E-state index in [9.17, 15) is 10.4 Å². The molecule has 2 aliphatic heterocycles. The molecule has 0 unspecified atom stereocenters. The highest BCUT2D eigenvalue weighted by molar-refractivity contribution is 9.10. The first-order valence-electron chi connectivity index (χ1n) is 9.14. The van der Waals surface area contributed by atoms with Crippen LogP contribution in [0.3, 0.4) is 0 Å². The van der Waals surface area contributed by atoms with Crippen LogP contribution in [0.2, 0.25) is 0 Å². The summed E-state index contributed by atoms with van der Waals surface area (Å²) in [6.07, 6.45) is 0. The van der Waals surface area contributed by atoms with Crippen LogP contribution in [0.5, 0.6) is 28.9 Å². The van der Waals surface area contributed by atoms with Crippen molar-refractivity contribution in [2.24, 2.45) is 5.73 Å². The summed E-state index contributed by atoms with van der Waals surface area (Å²) in [6, 6.07) is 11.0. The molecule has 0 bridgehead atoms. The van der Waals surface area contributed by atoms with Gasteiger partial charge in [-0.15, -0.1) is 5.10 Å². The second-order valence-corrected chi connectivity index (χ2v) is 7.72. The lowest BCUT2D eigenvalue weighted by molar-refractivity contribution is 0.174. The molecule has 0 aliphatic carbocycles. The van der Waals surface area contributed by atoms with E-state index in [1.165, 1.54) is 7.11 Å². The zero-order chi connectivity index (χ0) is 21.7. The van der Waals surface area contributed by atoms with E-state index in [-0.39, 0.29) is 35.6 Å². The smallest absolute Gasteiger partial charge is 0.244 e. The summed E-state index contributed by atoms with van der Waals surface area (Å²) in [5.74, 6) is 1.08. The van der Waals surface area contributed by atoms with Crippen molar-refractivity contribution < 1.29 is 24.1 Å². The van der Waals surface area contributed by atoms with E-state index in [2.05, 4.69) is 32.2 Å². The van der Waals surface area contributed by atoms with E-state index in [1.807, 2.05) is 12.1 Å². The van der Waals surface area contributed by atoms with Gasteiger partial charge in [0.05, 0.1) is 28.8 Å². The third-order valence-electron chi connectivity index (χ3n) is 5.20. The maximum Gasteiger partial charge on any atom is 0.244 e. The Bertz CT molecular complexity index is 1290. The number of fused-ring (bicyclic) bond motifs is 2. The van der Waals surface area contributed by atoms with Crippen LogP contribution < -0.4 is 24.7 Å². The number of nitrogens with two attached hydrogens (primary N) is 1. The Morgan fingerprint density at radius 2 is 2.10 bits per heavy atom. The Hall–Kier alpha value is -3.84. The number of nitrogens with zero attached hydrogens (tertiary/aromatic N) is 2. The number of H-pyrrole nitrogens is 1. The molecule has 3 aromatic rings. The maximum atomic E-state index is 10.2. The Labute approximate surface area is 184 Å². The summed E-state index contributed by atoms with van der Waals surface area (Å²) < 4.78 is 22.2. The third kappa shape index (κ3) is 2.93. The van der Waals surface area contributed by atoms with Crippen molar-refractivity contribution in [1.29, 1.82) is 5.26 Å².